The zero-order valence-electron chi connectivity index (χ0n) is 11.9. The van der Waals surface area contributed by atoms with Gasteiger partial charge in [-0.15, -0.1) is 0 Å². The predicted octanol–water partition coefficient (Wildman–Crippen LogP) is 1.84. The van der Waals surface area contributed by atoms with Crippen LogP contribution < -0.4 is 11.1 Å². The van der Waals surface area contributed by atoms with Crippen LogP contribution in [0.4, 0.5) is 4.79 Å². The molecule has 0 bridgehead atoms. The molecule has 0 aromatic carbocycles. The molecule has 0 aromatic heterocycles. The molecule has 5 nitrogen and oxygen atoms in total. The summed E-state index contributed by atoms with van der Waals surface area (Å²) in [7, 11) is 1.50. The molecule has 0 aromatic rings. The summed E-state index contributed by atoms with van der Waals surface area (Å²) in [6.45, 7) is 5.53. The van der Waals surface area contributed by atoms with Crippen LogP contribution in [0, 0.1) is 5.92 Å². The van der Waals surface area contributed by atoms with E-state index in [-0.39, 0.29) is 18.1 Å². The molecule has 0 aliphatic heterocycles. The fourth-order valence-corrected chi connectivity index (χ4v) is 1.87. The van der Waals surface area contributed by atoms with Gasteiger partial charge in [-0.1, -0.05) is 0 Å². The molecular formula is C13H26N2O3. The zero-order chi connectivity index (χ0) is 14.2. The number of nitrogens with two attached hydrogens (primary N) is 1. The predicted molar refractivity (Wildman–Crippen MR) is 71.3 cm³/mol. The molecule has 3 N–H and O–H groups in total. The summed E-state index contributed by atoms with van der Waals surface area (Å²) in [5, 5.41) is 2.84. The summed E-state index contributed by atoms with van der Waals surface area (Å²) in [5.74, 6) is 0.177. The van der Waals surface area contributed by atoms with Crippen LogP contribution >= 0.6 is 0 Å². The standard InChI is InChI=1S/C12H21NO3.CH5N/c1-12(2,3)16-11(15)13-10-6-4-9(8-14)5-7-10;1-2/h8-10H,4-7H2,1-3H3,(H,13,15);2H2,1H3. The number of hydrogen-bond acceptors (Lipinski definition) is 4. The summed E-state index contributed by atoms with van der Waals surface area (Å²) in [5.41, 5.74) is 4.05. The van der Waals surface area contributed by atoms with E-state index in [1.165, 1.54) is 7.05 Å². The first-order valence-electron chi connectivity index (χ1n) is 6.43. The molecule has 106 valence electrons. The van der Waals surface area contributed by atoms with Crippen molar-refractivity contribution in [2.45, 2.75) is 58.1 Å². The van der Waals surface area contributed by atoms with Crippen molar-refractivity contribution >= 4 is 12.4 Å². The number of hydrogen-bond donors (Lipinski definition) is 2. The Labute approximate surface area is 109 Å². The summed E-state index contributed by atoms with van der Waals surface area (Å²) in [6, 6.07) is 0.158. The van der Waals surface area contributed by atoms with Crippen molar-refractivity contribution < 1.29 is 14.3 Å². The third kappa shape index (κ3) is 7.27. The number of carbonyl (C=O) groups is 2. The van der Waals surface area contributed by atoms with Gasteiger partial charge in [0.1, 0.15) is 11.9 Å². The van der Waals surface area contributed by atoms with Gasteiger partial charge in [-0.2, -0.15) is 0 Å². The number of aldehydes is 1. The molecule has 1 fully saturated rings. The van der Waals surface area contributed by atoms with Crippen molar-refractivity contribution in [2.24, 2.45) is 11.7 Å². The third-order valence-electron chi connectivity index (χ3n) is 2.69. The molecule has 0 saturated heterocycles. The van der Waals surface area contributed by atoms with Gasteiger partial charge in [0, 0.05) is 12.0 Å². The minimum absolute atomic E-state index is 0.158. The van der Waals surface area contributed by atoms with E-state index in [0.717, 1.165) is 32.0 Å². The molecule has 0 unspecified atom stereocenters. The van der Waals surface area contributed by atoms with Crippen LogP contribution in [0.25, 0.3) is 0 Å². The van der Waals surface area contributed by atoms with Gasteiger partial charge in [-0.05, 0) is 53.5 Å². The van der Waals surface area contributed by atoms with Crippen molar-refractivity contribution in [3.05, 3.63) is 0 Å². The van der Waals surface area contributed by atoms with Gasteiger partial charge in [0.05, 0.1) is 0 Å². The normalized spacial score (nSPS) is 23.4. The maximum atomic E-state index is 11.5. The van der Waals surface area contributed by atoms with Crippen LogP contribution in [0.5, 0.6) is 0 Å². The lowest BCUT2D eigenvalue weighted by Crippen LogP contribution is -2.41. The molecule has 1 amide bonds. The summed E-state index contributed by atoms with van der Waals surface area (Å²) in [6.07, 6.45) is 4.12. The maximum absolute atomic E-state index is 11.5. The van der Waals surface area contributed by atoms with Crippen LogP contribution in [-0.2, 0) is 9.53 Å². The zero-order valence-corrected chi connectivity index (χ0v) is 11.9. The number of amides is 1. The fourth-order valence-electron chi connectivity index (χ4n) is 1.87. The van der Waals surface area contributed by atoms with E-state index in [1.54, 1.807) is 0 Å². The lowest BCUT2D eigenvalue weighted by Gasteiger charge is -2.27. The Kier molecular flexibility index (Phi) is 7.59. The number of nitrogens with one attached hydrogen (secondary N) is 1. The fraction of sp³-hybridized carbons (Fsp3) is 0.846. The molecule has 0 spiro atoms. The molecule has 1 saturated carbocycles. The molecule has 1 rings (SSSR count). The molecule has 5 heteroatoms. The topological polar surface area (TPSA) is 81.4 Å². The Balaban J connectivity index is 0.00000137. The molecule has 0 radical (unpaired) electrons. The second-order valence-electron chi connectivity index (χ2n) is 5.39. The first-order valence-corrected chi connectivity index (χ1v) is 6.43. The van der Waals surface area contributed by atoms with Crippen molar-refractivity contribution in [3.63, 3.8) is 0 Å². The van der Waals surface area contributed by atoms with Crippen LogP contribution in [0.1, 0.15) is 46.5 Å². The van der Waals surface area contributed by atoms with Crippen LogP contribution in [-0.4, -0.2) is 31.1 Å². The van der Waals surface area contributed by atoms with Gasteiger partial charge >= 0.3 is 6.09 Å². The van der Waals surface area contributed by atoms with Gasteiger partial charge < -0.3 is 20.6 Å². The monoisotopic (exact) mass is 258 g/mol. The SMILES string of the molecule is CC(C)(C)OC(=O)NC1CCC(C=O)CC1.CN. The van der Waals surface area contributed by atoms with Gasteiger partial charge in [0.25, 0.3) is 0 Å². The first-order chi connectivity index (χ1) is 8.40. The van der Waals surface area contributed by atoms with Gasteiger partial charge in [0.2, 0.25) is 0 Å². The third-order valence-corrected chi connectivity index (χ3v) is 2.69. The van der Waals surface area contributed by atoms with E-state index in [1.807, 2.05) is 20.8 Å². The highest BCUT2D eigenvalue weighted by Gasteiger charge is 2.24. The highest BCUT2D eigenvalue weighted by Crippen LogP contribution is 2.22. The van der Waals surface area contributed by atoms with Gasteiger partial charge in [-0.3, -0.25) is 0 Å². The van der Waals surface area contributed by atoms with E-state index in [0.29, 0.717) is 0 Å². The summed E-state index contributed by atoms with van der Waals surface area (Å²) in [4.78, 5) is 22.0. The van der Waals surface area contributed by atoms with Crippen molar-refractivity contribution in [3.8, 4) is 0 Å². The largest absolute Gasteiger partial charge is 0.444 e. The minimum Gasteiger partial charge on any atom is -0.444 e. The average molecular weight is 258 g/mol. The molecular weight excluding hydrogens is 232 g/mol. The van der Waals surface area contributed by atoms with E-state index in [4.69, 9.17) is 4.74 Å². The number of ether oxygens (including phenoxy) is 1. The minimum atomic E-state index is -0.454. The Morgan fingerprint density at radius 3 is 2.11 bits per heavy atom. The van der Waals surface area contributed by atoms with Gasteiger partial charge in [0.15, 0.2) is 0 Å². The second kappa shape index (κ2) is 8.08. The highest BCUT2D eigenvalue weighted by atomic mass is 16.6. The molecule has 0 atom stereocenters. The Bertz CT molecular complexity index is 253. The molecule has 1 aliphatic carbocycles. The van der Waals surface area contributed by atoms with E-state index < -0.39 is 5.60 Å². The molecule has 18 heavy (non-hydrogen) atoms. The number of carbonyl (C=O) groups excluding carboxylic acids is 2. The second-order valence-corrected chi connectivity index (χ2v) is 5.39. The van der Waals surface area contributed by atoms with Crippen LogP contribution in [0.3, 0.4) is 0 Å². The van der Waals surface area contributed by atoms with Crippen LogP contribution in [0.2, 0.25) is 0 Å². The molecule has 1 aliphatic rings. The summed E-state index contributed by atoms with van der Waals surface area (Å²) < 4.78 is 5.17. The highest BCUT2D eigenvalue weighted by molar-refractivity contribution is 5.68. The van der Waals surface area contributed by atoms with Crippen molar-refractivity contribution in [1.82, 2.24) is 5.32 Å². The summed E-state index contributed by atoms with van der Waals surface area (Å²) >= 11 is 0. The smallest absolute Gasteiger partial charge is 0.407 e. The Hall–Kier alpha value is -1.10. The Morgan fingerprint density at radius 1 is 1.22 bits per heavy atom. The van der Waals surface area contributed by atoms with E-state index in [9.17, 15) is 9.59 Å². The van der Waals surface area contributed by atoms with Gasteiger partial charge in [-0.25, -0.2) is 4.79 Å². The van der Waals surface area contributed by atoms with Crippen molar-refractivity contribution in [2.75, 3.05) is 7.05 Å². The maximum Gasteiger partial charge on any atom is 0.407 e. The first kappa shape index (κ1) is 16.9. The van der Waals surface area contributed by atoms with E-state index >= 15 is 0 Å². The number of alkyl carbamates (subject to hydrolysis) is 1. The van der Waals surface area contributed by atoms with E-state index in [2.05, 4.69) is 11.1 Å². The van der Waals surface area contributed by atoms with Crippen molar-refractivity contribution in [1.29, 1.82) is 0 Å². The lowest BCUT2D eigenvalue weighted by atomic mass is 9.87. The number of rotatable bonds is 2. The quantitative estimate of drug-likeness (QED) is 0.740. The van der Waals surface area contributed by atoms with Crippen LogP contribution in [0.15, 0.2) is 0 Å². The Morgan fingerprint density at radius 2 is 1.72 bits per heavy atom. The average Bonchev–Trinajstić information content (AvgIpc) is 2.30. The molecule has 0 heterocycles. The lowest BCUT2D eigenvalue weighted by molar-refractivity contribution is -0.111.